The molecule has 1 spiro atoms. The first-order chi connectivity index (χ1) is 7.32. The van der Waals surface area contributed by atoms with Gasteiger partial charge < -0.3 is 9.64 Å². The Kier molecular flexibility index (Phi) is 2.67. The summed E-state index contributed by atoms with van der Waals surface area (Å²) in [5, 5.41) is 0. The molecule has 16 heavy (non-hydrogen) atoms. The molecule has 2 fully saturated rings. The average Bonchev–Trinajstić information content (AvgIpc) is 2.88. The lowest BCUT2D eigenvalue weighted by Crippen LogP contribution is -2.46. The third-order valence-corrected chi connectivity index (χ3v) is 3.93. The average molecular weight is 225 g/mol. The summed E-state index contributed by atoms with van der Waals surface area (Å²) in [6.45, 7) is 9.85. The van der Waals surface area contributed by atoms with Gasteiger partial charge >= 0.3 is 6.09 Å². The van der Waals surface area contributed by atoms with Gasteiger partial charge in [-0.15, -0.1) is 0 Å². The Morgan fingerprint density at radius 2 is 2.00 bits per heavy atom. The van der Waals surface area contributed by atoms with E-state index in [1.165, 1.54) is 12.8 Å². The topological polar surface area (TPSA) is 29.5 Å². The van der Waals surface area contributed by atoms with Gasteiger partial charge in [-0.2, -0.15) is 0 Å². The van der Waals surface area contributed by atoms with Gasteiger partial charge in [-0.1, -0.05) is 6.92 Å². The van der Waals surface area contributed by atoms with Gasteiger partial charge in [0, 0.05) is 13.1 Å². The zero-order valence-electron chi connectivity index (χ0n) is 10.9. The van der Waals surface area contributed by atoms with Crippen LogP contribution in [0.1, 0.15) is 47.0 Å². The van der Waals surface area contributed by atoms with E-state index in [0.717, 1.165) is 25.4 Å². The molecular weight excluding hydrogens is 202 g/mol. The zero-order chi connectivity index (χ0) is 12.0. The van der Waals surface area contributed by atoms with Crippen molar-refractivity contribution in [1.29, 1.82) is 0 Å². The normalized spacial score (nSPS) is 28.0. The Balaban J connectivity index is 1.94. The van der Waals surface area contributed by atoms with Gasteiger partial charge in [0.25, 0.3) is 0 Å². The number of piperidine rings is 1. The van der Waals surface area contributed by atoms with Gasteiger partial charge in [-0.05, 0) is 51.4 Å². The second-order valence-corrected chi connectivity index (χ2v) is 6.45. The quantitative estimate of drug-likeness (QED) is 0.634. The van der Waals surface area contributed by atoms with Crippen LogP contribution in [-0.2, 0) is 4.74 Å². The van der Waals surface area contributed by atoms with Gasteiger partial charge in [-0.3, -0.25) is 0 Å². The molecule has 1 atom stereocenters. The molecule has 2 rings (SSSR count). The number of hydrogen-bond acceptors (Lipinski definition) is 2. The minimum absolute atomic E-state index is 0.134. The molecule has 0 aromatic heterocycles. The fourth-order valence-electron chi connectivity index (χ4n) is 2.56. The molecule has 1 saturated carbocycles. The summed E-state index contributed by atoms with van der Waals surface area (Å²) in [7, 11) is 0. The van der Waals surface area contributed by atoms with Crippen LogP contribution >= 0.6 is 0 Å². The predicted molar refractivity (Wildman–Crippen MR) is 63.3 cm³/mol. The van der Waals surface area contributed by atoms with E-state index in [1.807, 2.05) is 25.7 Å². The van der Waals surface area contributed by atoms with Crippen LogP contribution in [0.25, 0.3) is 0 Å². The number of amides is 1. The number of nitrogens with zero attached hydrogens (tertiary/aromatic N) is 1. The Morgan fingerprint density at radius 1 is 1.38 bits per heavy atom. The number of likely N-dealkylation sites (tertiary alicyclic amines) is 1. The number of rotatable bonds is 0. The molecule has 0 N–H and O–H groups in total. The lowest BCUT2D eigenvalue weighted by Gasteiger charge is -2.38. The molecule has 3 heteroatoms. The van der Waals surface area contributed by atoms with Crippen molar-refractivity contribution in [3.63, 3.8) is 0 Å². The van der Waals surface area contributed by atoms with Crippen molar-refractivity contribution in [2.45, 2.75) is 52.6 Å². The third-order valence-electron chi connectivity index (χ3n) is 3.93. The standard InChI is InChI=1S/C13H23NO2/c1-10-5-8-14(9-13(10)6-7-13)11(15)16-12(2,3)4/h10H,5-9H2,1-4H3. The Hall–Kier alpha value is -0.730. The van der Waals surface area contributed by atoms with Gasteiger partial charge in [0.05, 0.1) is 0 Å². The predicted octanol–water partition coefficient (Wildman–Crippen LogP) is 3.04. The van der Waals surface area contributed by atoms with Gasteiger partial charge in [0.1, 0.15) is 5.60 Å². The molecule has 0 bridgehead atoms. The highest BCUT2D eigenvalue weighted by Crippen LogP contribution is 2.55. The molecule has 3 nitrogen and oxygen atoms in total. The summed E-state index contributed by atoms with van der Waals surface area (Å²) in [6.07, 6.45) is 3.56. The molecule has 92 valence electrons. The maximum absolute atomic E-state index is 11.9. The monoisotopic (exact) mass is 225 g/mol. The lowest BCUT2D eigenvalue weighted by molar-refractivity contribution is 0.00844. The molecule has 1 saturated heterocycles. The minimum Gasteiger partial charge on any atom is -0.444 e. The van der Waals surface area contributed by atoms with Crippen molar-refractivity contribution in [3.05, 3.63) is 0 Å². The van der Waals surface area contributed by atoms with Crippen molar-refractivity contribution in [2.24, 2.45) is 11.3 Å². The number of carbonyl (C=O) groups excluding carboxylic acids is 1. The van der Waals surface area contributed by atoms with Gasteiger partial charge in [0.15, 0.2) is 0 Å². The van der Waals surface area contributed by atoms with Crippen LogP contribution in [-0.4, -0.2) is 29.7 Å². The maximum atomic E-state index is 11.9. The summed E-state index contributed by atoms with van der Waals surface area (Å²) in [5.41, 5.74) is 0.0615. The molecule has 1 amide bonds. The van der Waals surface area contributed by atoms with Crippen LogP contribution in [0.3, 0.4) is 0 Å². The van der Waals surface area contributed by atoms with Crippen molar-refractivity contribution >= 4 is 6.09 Å². The minimum atomic E-state index is -0.378. The number of hydrogen-bond donors (Lipinski definition) is 0. The first-order valence-corrected chi connectivity index (χ1v) is 6.30. The van der Waals surface area contributed by atoms with E-state index in [0.29, 0.717) is 5.41 Å². The van der Waals surface area contributed by atoms with E-state index in [2.05, 4.69) is 6.92 Å². The second kappa shape index (κ2) is 3.64. The van der Waals surface area contributed by atoms with E-state index in [4.69, 9.17) is 4.74 Å². The van der Waals surface area contributed by atoms with Crippen molar-refractivity contribution in [1.82, 2.24) is 4.90 Å². The molecule has 0 aromatic rings. The molecule has 1 heterocycles. The van der Waals surface area contributed by atoms with Crippen LogP contribution in [0.15, 0.2) is 0 Å². The van der Waals surface area contributed by atoms with Crippen molar-refractivity contribution in [3.8, 4) is 0 Å². The molecule has 1 aliphatic heterocycles. The van der Waals surface area contributed by atoms with Crippen LogP contribution in [0.5, 0.6) is 0 Å². The second-order valence-electron chi connectivity index (χ2n) is 6.45. The fraction of sp³-hybridized carbons (Fsp3) is 0.923. The Morgan fingerprint density at radius 3 is 2.50 bits per heavy atom. The van der Waals surface area contributed by atoms with Crippen LogP contribution in [0.4, 0.5) is 4.79 Å². The largest absolute Gasteiger partial charge is 0.444 e. The van der Waals surface area contributed by atoms with E-state index >= 15 is 0 Å². The van der Waals surface area contributed by atoms with E-state index in [-0.39, 0.29) is 11.7 Å². The van der Waals surface area contributed by atoms with Crippen molar-refractivity contribution < 1.29 is 9.53 Å². The first-order valence-electron chi connectivity index (χ1n) is 6.30. The Labute approximate surface area is 98.1 Å². The molecule has 1 aliphatic carbocycles. The highest BCUT2D eigenvalue weighted by atomic mass is 16.6. The highest BCUT2D eigenvalue weighted by Gasteiger charge is 2.51. The highest BCUT2D eigenvalue weighted by molar-refractivity contribution is 5.68. The lowest BCUT2D eigenvalue weighted by atomic mass is 9.84. The molecule has 0 radical (unpaired) electrons. The van der Waals surface area contributed by atoms with Crippen molar-refractivity contribution in [2.75, 3.05) is 13.1 Å². The van der Waals surface area contributed by atoms with E-state index < -0.39 is 0 Å². The smallest absolute Gasteiger partial charge is 0.410 e. The Bertz CT molecular complexity index is 289. The molecule has 1 unspecified atom stereocenters. The summed E-state index contributed by atoms with van der Waals surface area (Å²) in [6, 6.07) is 0. The third kappa shape index (κ3) is 2.33. The fourth-order valence-corrected chi connectivity index (χ4v) is 2.56. The van der Waals surface area contributed by atoms with Gasteiger partial charge in [-0.25, -0.2) is 4.79 Å². The van der Waals surface area contributed by atoms with E-state index in [9.17, 15) is 4.79 Å². The van der Waals surface area contributed by atoms with E-state index in [1.54, 1.807) is 0 Å². The number of ether oxygens (including phenoxy) is 1. The molecule has 0 aromatic carbocycles. The summed E-state index contributed by atoms with van der Waals surface area (Å²) >= 11 is 0. The number of carbonyl (C=O) groups is 1. The van der Waals surface area contributed by atoms with Gasteiger partial charge in [0.2, 0.25) is 0 Å². The molecule has 2 aliphatic rings. The summed E-state index contributed by atoms with van der Waals surface area (Å²) < 4.78 is 5.42. The van der Waals surface area contributed by atoms with Crippen LogP contribution in [0.2, 0.25) is 0 Å². The SMILES string of the molecule is CC1CCN(C(=O)OC(C)(C)C)CC12CC2. The maximum Gasteiger partial charge on any atom is 0.410 e. The van der Waals surface area contributed by atoms with Crippen LogP contribution in [0, 0.1) is 11.3 Å². The summed E-state index contributed by atoms with van der Waals surface area (Å²) in [4.78, 5) is 13.8. The van der Waals surface area contributed by atoms with Crippen LogP contribution < -0.4 is 0 Å². The molecular formula is C13H23NO2. The first kappa shape index (κ1) is 11.7. The summed E-state index contributed by atoms with van der Waals surface area (Å²) in [5.74, 6) is 0.770. The zero-order valence-corrected chi connectivity index (χ0v) is 10.9.